The van der Waals surface area contributed by atoms with Gasteiger partial charge in [-0.3, -0.25) is 9.79 Å². The molecule has 2 rings (SSSR count). The molecule has 0 N–H and O–H groups in total. The molecule has 0 radical (unpaired) electrons. The van der Waals surface area contributed by atoms with Gasteiger partial charge in [-0.05, 0) is 23.9 Å². The van der Waals surface area contributed by atoms with E-state index < -0.39 is 15.9 Å². The fourth-order valence-electron chi connectivity index (χ4n) is 1.84. The maximum Gasteiger partial charge on any atom is 0.282 e. The lowest BCUT2D eigenvalue weighted by Gasteiger charge is -2.15. The van der Waals surface area contributed by atoms with Crippen LogP contribution in [0.25, 0.3) is 0 Å². The molecule has 122 valence electrons. The van der Waals surface area contributed by atoms with Gasteiger partial charge < -0.3 is 4.90 Å². The summed E-state index contributed by atoms with van der Waals surface area (Å²) >= 11 is 1.04. The van der Waals surface area contributed by atoms with Gasteiger partial charge in [-0.15, -0.1) is 6.58 Å². The molecule has 8 heteroatoms. The topological polar surface area (TPSA) is 70.1 Å². The van der Waals surface area contributed by atoms with Crippen LogP contribution < -0.4 is 0 Å². The van der Waals surface area contributed by atoms with Crippen LogP contribution in [-0.4, -0.2) is 49.3 Å². The van der Waals surface area contributed by atoms with Crippen LogP contribution in [0.4, 0.5) is 0 Å². The van der Waals surface area contributed by atoms with Gasteiger partial charge in [0.2, 0.25) is 0 Å². The summed E-state index contributed by atoms with van der Waals surface area (Å²) in [6, 6.07) is 7.83. The Morgan fingerprint density at radius 3 is 2.52 bits per heavy atom. The zero-order valence-electron chi connectivity index (χ0n) is 12.8. The molecule has 1 amide bonds. The molecule has 6 nitrogen and oxygen atoms in total. The second-order valence-electron chi connectivity index (χ2n) is 4.86. The number of hydrogen-bond donors (Lipinski definition) is 0. The molecule has 0 atom stereocenters. The van der Waals surface area contributed by atoms with E-state index in [4.69, 9.17) is 0 Å². The van der Waals surface area contributed by atoms with Gasteiger partial charge in [-0.2, -0.15) is 4.31 Å². The molecule has 1 aliphatic rings. The maximum atomic E-state index is 12.8. The average Bonchev–Trinajstić information content (AvgIpc) is 2.82. The lowest BCUT2D eigenvalue weighted by Crippen LogP contribution is -2.35. The summed E-state index contributed by atoms with van der Waals surface area (Å²) in [4.78, 5) is 18.7. The average molecular weight is 351 g/mol. The monoisotopic (exact) mass is 351 g/mol. The Kier molecular flexibility index (Phi) is 5.27. The molecule has 0 aliphatic carbocycles. The van der Waals surface area contributed by atoms with Crippen LogP contribution in [0.1, 0.15) is 0 Å². The van der Waals surface area contributed by atoms with E-state index in [1.54, 1.807) is 49.5 Å². The zero-order chi connectivity index (χ0) is 17.0. The van der Waals surface area contributed by atoms with Gasteiger partial charge in [0.1, 0.15) is 0 Å². The Hall–Kier alpha value is -2.06. The Morgan fingerprint density at radius 1 is 1.30 bits per heavy atom. The van der Waals surface area contributed by atoms with Crippen molar-refractivity contribution < 1.29 is 13.2 Å². The van der Waals surface area contributed by atoms with E-state index in [2.05, 4.69) is 11.6 Å². The number of carbonyl (C=O) groups excluding carboxylic acids is 1. The molecule has 0 saturated carbocycles. The van der Waals surface area contributed by atoms with Crippen molar-refractivity contribution in [1.29, 1.82) is 0 Å². The normalized spacial score (nSPS) is 18.7. The zero-order valence-corrected chi connectivity index (χ0v) is 14.5. The number of amides is 1. The quantitative estimate of drug-likeness (QED) is 0.598. The molecule has 1 aromatic rings. The van der Waals surface area contributed by atoms with E-state index in [0.29, 0.717) is 4.91 Å². The Morgan fingerprint density at radius 2 is 1.96 bits per heavy atom. The first-order valence-corrected chi connectivity index (χ1v) is 8.99. The third-order valence-electron chi connectivity index (χ3n) is 2.78. The highest BCUT2D eigenvalue weighted by molar-refractivity contribution is 8.19. The molecule has 0 spiro atoms. The van der Waals surface area contributed by atoms with E-state index >= 15 is 0 Å². The van der Waals surface area contributed by atoms with Gasteiger partial charge in [0.05, 0.1) is 16.3 Å². The van der Waals surface area contributed by atoms with Crippen molar-refractivity contribution in [3.05, 3.63) is 54.1 Å². The first-order chi connectivity index (χ1) is 10.9. The fourth-order valence-corrected chi connectivity index (χ4v) is 4.54. The minimum Gasteiger partial charge on any atom is -0.382 e. The third-order valence-corrected chi connectivity index (χ3v) is 5.58. The van der Waals surface area contributed by atoms with Crippen LogP contribution in [0.3, 0.4) is 0 Å². The van der Waals surface area contributed by atoms with E-state index in [-0.39, 0.29) is 16.6 Å². The second kappa shape index (κ2) is 7.01. The van der Waals surface area contributed by atoms with Crippen molar-refractivity contribution in [2.45, 2.75) is 4.90 Å². The number of aliphatic imine (C=N–C) groups is 1. The largest absolute Gasteiger partial charge is 0.382 e. The van der Waals surface area contributed by atoms with Crippen molar-refractivity contribution in [3.8, 4) is 0 Å². The summed E-state index contributed by atoms with van der Waals surface area (Å²) in [5, 5.41) is 0.131. The van der Waals surface area contributed by atoms with E-state index in [9.17, 15) is 13.2 Å². The Labute approximate surface area is 140 Å². The first-order valence-electron chi connectivity index (χ1n) is 6.74. The minimum absolute atomic E-state index is 0.0476. The number of carbonyl (C=O) groups is 1. The molecule has 0 bridgehead atoms. The summed E-state index contributed by atoms with van der Waals surface area (Å²) in [5.41, 5.74) is 0. The van der Waals surface area contributed by atoms with Gasteiger partial charge >= 0.3 is 0 Å². The number of benzene rings is 1. The molecule has 1 aromatic carbocycles. The van der Waals surface area contributed by atoms with Crippen LogP contribution in [0.5, 0.6) is 0 Å². The number of nitrogens with zero attached hydrogens (tertiary/aromatic N) is 3. The SMILES string of the molecule is C=CCN=C1S/C(=C/N(C)C)C(=O)N1S(=O)(=O)c1ccccc1. The van der Waals surface area contributed by atoms with Crippen LogP contribution in [0, 0.1) is 0 Å². The predicted octanol–water partition coefficient (Wildman–Crippen LogP) is 1.90. The molecule has 1 saturated heterocycles. The Balaban J connectivity index is 2.52. The summed E-state index contributed by atoms with van der Waals surface area (Å²) in [6.07, 6.45) is 3.12. The third kappa shape index (κ3) is 3.65. The fraction of sp³-hybridized carbons (Fsp3) is 0.200. The number of sulfonamides is 1. The van der Waals surface area contributed by atoms with E-state index in [0.717, 1.165) is 16.1 Å². The van der Waals surface area contributed by atoms with E-state index in [1.165, 1.54) is 12.1 Å². The molecule has 23 heavy (non-hydrogen) atoms. The number of hydrogen-bond acceptors (Lipinski definition) is 6. The maximum absolute atomic E-state index is 12.8. The van der Waals surface area contributed by atoms with Crippen LogP contribution >= 0.6 is 11.8 Å². The van der Waals surface area contributed by atoms with Gasteiger partial charge in [0.15, 0.2) is 5.17 Å². The molecule has 0 unspecified atom stereocenters. The molecular weight excluding hydrogens is 334 g/mol. The Bertz CT molecular complexity index is 768. The molecular formula is C15H17N3O3S2. The molecule has 1 aliphatic heterocycles. The van der Waals surface area contributed by atoms with Crippen molar-refractivity contribution in [3.63, 3.8) is 0 Å². The van der Waals surface area contributed by atoms with Crippen LogP contribution in [-0.2, 0) is 14.8 Å². The predicted molar refractivity (Wildman–Crippen MR) is 92.3 cm³/mol. The second-order valence-corrected chi connectivity index (χ2v) is 7.65. The standard InChI is InChI=1S/C15H17N3O3S2/c1-4-10-16-15-18(14(19)13(22-15)11-17(2)3)23(20,21)12-8-6-5-7-9-12/h4-9,11H,1,10H2,2-3H3/b13-11+,16-15?. The smallest absolute Gasteiger partial charge is 0.282 e. The molecule has 1 heterocycles. The van der Waals surface area contributed by atoms with Crippen LogP contribution in [0.15, 0.2) is 64.0 Å². The summed E-state index contributed by atoms with van der Waals surface area (Å²) in [6.45, 7) is 3.79. The number of amidine groups is 1. The number of thioether (sulfide) groups is 1. The number of rotatable bonds is 5. The van der Waals surface area contributed by atoms with Crippen molar-refractivity contribution in [1.82, 2.24) is 9.21 Å². The van der Waals surface area contributed by atoms with Crippen LogP contribution in [0.2, 0.25) is 0 Å². The highest BCUT2D eigenvalue weighted by Crippen LogP contribution is 2.35. The lowest BCUT2D eigenvalue weighted by molar-refractivity contribution is -0.119. The van der Waals surface area contributed by atoms with Crippen molar-refractivity contribution >= 4 is 32.9 Å². The van der Waals surface area contributed by atoms with Gasteiger partial charge in [0, 0.05) is 20.3 Å². The lowest BCUT2D eigenvalue weighted by atomic mass is 10.4. The highest BCUT2D eigenvalue weighted by atomic mass is 32.2. The summed E-state index contributed by atoms with van der Waals surface area (Å²) in [7, 11) is -0.478. The molecule has 1 fully saturated rings. The van der Waals surface area contributed by atoms with E-state index in [1.807, 2.05) is 0 Å². The van der Waals surface area contributed by atoms with Gasteiger partial charge in [0.25, 0.3) is 15.9 Å². The molecule has 0 aromatic heterocycles. The highest BCUT2D eigenvalue weighted by Gasteiger charge is 2.42. The van der Waals surface area contributed by atoms with Crippen molar-refractivity contribution in [2.24, 2.45) is 4.99 Å². The van der Waals surface area contributed by atoms with Crippen molar-refractivity contribution in [2.75, 3.05) is 20.6 Å². The minimum atomic E-state index is -4.00. The summed E-state index contributed by atoms with van der Waals surface area (Å²) < 4.78 is 26.3. The van der Waals surface area contributed by atoms with Gasteiger partial charge in [-0.1, -0.05) is 24.3 Å². The first kappa shape index (κ1) is 17.3. The van der Waals surface area contributed by atoms with Gasteiger partial charge in [-0.25, -0.2) is 8.42 Å². The summed E-state index contributed by atoms with van der Waals surface area (Å²) in [5.74, 6) is -0.602.